The molecule has 0 unspecified atom stereocenters. The predicted octanol–water partition coefficient (Wildman–Crippen LogP) is 2.28. The first-order valence-corrected chi connectivity index (χ1v) is 10.5. The van der Waals surface area contributed by atoms with Crippen LogP contribution in [0.3, 0.4) is 0 Å². The fourth-order valence-electron chi connectivity index (χ4n) is 3.69. The number of carbonyl (C=O) groups is 1. The summed E-state index contributed by atoms with van der Waals surface area (Å²) in [5.74, 6) is 2.42. The van der Waals surface area contributed by atoms with E-state index in [4.69, 9.17) is 9.84 Å². The summed E-state index contributed by atoms with van der Waals surface area (Å²) in [6.45, 7) is 1.87. The van der Waals surface area contributed by atoms with Crippen LogP contribution >= 0.6 is 0 Å². The highest BCUT2D eigenvalue weighted by atomic mass is 32.2. The van der Waals surface area contributed by atoms with Crippen molar-refractivity contribution in [1.82, 2.24) is 9.88 Å². The Hall–Kier alpha value is -1.83. The van der Waals surface area contributed by atoms with Gasteiger partial charge in [0.1, 0.15) is 0 Å². The lowest BCUT2D eigenvalue weighted by molar-refractivity contribution is 0.119. The maximum atomic E-state index is 11.4. The van der Waals surface area contributed by atoms with Crippen LogP contribution < -0.4 is 4.74 Å². The Morgan fingerprint density at radius 3 is 2.64 bits per heavy atom. The van der Waals surface area contributed by atoms with E-state index in [9.17, 15) is 13.2 Å². The van der Waals surface area contributed by atoms with Gasteiger partial charge in [0, 0.05) is 31.6 Å². The van der Waals surface area contributed by atoms with E-state index in [1.165, 1.54) is 23.6 Å². The van der Waals surface area contributed by atoms with Crippen LogP contribution in [-0.4, -0.2) is 55.5 Å². The van der Waals surface area contributed by atoms with Crippen LogP contribution in [0, 0.1) is 17.8 Å². The molecule has 2 fully saturated rings. The van der Waals surface area contributed by atoms with Gasteiger partial charge in [0.2, 0.25) is 5.88 Å². The van der Waals surface area contributed by atoms with Gasteiger partial charge < -0.3 is 14.7 Å². The molecule has 1 N–H and O–H groups in total. The highest BCUT2D eigenvalue weighted by Crippen LogP contribution is 2.49. The second-order valence-electron chi connectivity index (χ2n) is 7.01. The zero-order valence-corrected chi connectivity index (χ0v) is 15.1. The Morgan fingerprint density at radius 2 is 2.08 bits per heavy atom. The van der Waals surface area contributed by atoms with Crippen molar-refractivity contribution in [2.45, 2.75) is 30.6 Å². The van der Waals surface area contributed by atoms with Gasteiger partial charge in [-0.15, -0.1) is 0 Å². The van der Waals surface area contributed by atoms with E-state index in [1.54, 1.807) is 6.07 Å². The highest BCUT2D eigenvalue weighted by Gasteiger charge is 2.43. The molecule has 1 aromatic heterocycles. The van der Waals surface area contributed by atoms with Crippen LogP contribution in [0.2, 0.25) is 0 Å². The summed E-state index contributed by atoms with van der Waals surface area (Å²) in [5.41, 5.74) is 0. The van der Waals surface area contributed by atoms with E-state index in [0.717, 1.165) is 25.5 Å². The average molecular weight is 368 g/mol. The van der Waals surface area contributed by atoms with Crippen molar-refractivity contribution in [1.29, 1.82) is 0 Å². The maximum Gasteiger partial charge on any atom is 0.407 e. The Kier molecular flexibility index (Phi) is 5.17. The van der Waals surface area contributed by atoms with Gasteiger partial charge in [0.15, 0.2) is 9.84 Å². The molecule has 1 aromatic rings. The fourth-order valence-corrected chi connectivity index (χ4v) is 4.24. The molecule has 7 nitrogen and oxygen atoms in total. The quantitative estimate of drug-likeness (QED) is 0.827. The molecule has 138 valence electrons. The summed E-state index contributed by atoms with van der Waals surface area (Å²) in [4.78, 5) is 16.7. The molecule has 0 bridgehead atoms. The van der Waals surface area contributed by atoms with Crippen molar-refractivity contribution in [3.63, 3.8) is 0 Å². The van der Waals surface area contributed by atoms with Gasteiger partial charge in [0.25, 0.3) is 0 Å². The minimum absolute atomic E-state index is 0.190. The van der Waals surface area contributed by atoms with Crippen molar-refractivity contribution in [2.75, 3.05) is 26.0 Å². The Balaban J connectivity index is 1.38. The lowest BCUT2D eigenvalue weighted by atomic mass is 9.91. The molecule has 25 heavy (non-hydrogen) atoms. The topological polar surface area (TPSA) is 96.8 Å². The van der Waals surface area contributed by atoms with Gasteiger partial charge in [-0.05, 0) is 49.5 Å². The zero-order valence-electron chi connectivity index (χ0n) is 14.3. The normalized spacial score (nSPS) is 24.1. The first kappa shape index (κ1) is 18.0. The molecule has 2 aliphatic rings. The number of rotatable bonds is 6. The average Bonchev–Trinajstić information content (AvgIpc) is 3.34. The molecule has 8 heteroatoms. The van der Waals surface area contributed by atoms with Gasteiger partial charge in [-0.1, -0.05) is 0 Å². The Morgan fingerprint density at radius 1 is 1.36 bits per heavy atom. The molecule has 2 heterocycles. The Labute approximate surface area is 147 Å². The Bertz CT molecular complexity index is 711. The number of ether oxygens (including phenoxy) is 1. The third-order valence-corrected chi connectivity index (χ3v) is 6.37. The summed E-state index contributed by atoms with van der Waals surface area (Å²) in [5, 5.41) is 8.99. The third kappa shape index (κ3) is 4.62. The molecule has 3 rings (SSSR count). The third-order valence-electron chi connectivity index (χ3n) is 5.27. The van der Waals surface area contributed by atoms with Gasteiger partial charge in [-0.25, -0.2) is 18.2 Å². The zero-order chi connectivity index (χ0) is 18.0. The fraction of sp³-hybridized carbons (Fsp3) is 0.647. The summed E-state index contributed by atoms with van der Waals surface area (Å²) in [7, 11) is -3.23. The SMILES string of the molecule is CS(=O)(=O)c1ccc(OCC[C@@H]2C[C@@H]2C2CCN(C(=O)O)CC2)nc1. The molecule has 0 aromatic carbocycles. The molecule has 0 radical (unpaired) electrons. The van der Waals surface area contributed by atoms with E-state index >= 15 is 0 Å². The van der Waals surface area contributed by atoms with E-state index in [1.807, 2.05) is 0 Å². The monoisotopic (exact) mass is 368 g/mol. The molecule has 1 amide bonds. The van der Waals surface area contributed by atoms with Crippen LogP contribution in [0.5, 0.6) is 5.88 Å². The first-order valence-electron chi connectivity index (χ1n) is 8.61. The van der Waals surface area contributed by atoms with Crippen LogP contribution in [0.15, 0.2) is 23.2 Å². The van der Waals surface area contributed by atoms with Gasteiger partial charge in [-0.2, -0.15) is 0 Å². The van der Waals surface area contributed by atoms with E-state index < -0.39 is 15.9 Å². The van der Waals surface area contributed by atoms with Gasteiger partial charge in [-0.3, -0.25) is 0 Å². The smallest absolute Gasteiger partial charge is 0.407 e. The number of hydrogen-bond donors (Lipinski definition) is 1. The number of amides is 1. The number of pyridine rings is 1. The number of sulfone groups is 1. The highest BCUT2D eigenvalue weighted by molar-refractivity contribution is 7.90. The van der Waals surface area contributed by atoms with Crippen molar-refractivity contribution < 1.29 is 23.1 Å². The summed E-state index contributed by atoms with van der Waals surface area (Å²) >= 11 is 0. The minimum atomic E-state index is -3.23. The minimum Gasteiger partial charge on any atom is -0.478 e. The second-order valence-corrected chi connectivity index (χ2v) is 9.02. The number of likely N-dealkylation sites (tertiary alicyclic amines) is 1. The van der Waals surface area contributed by atoms with Crippen LogP contribution in [0.25, 0.3) is 0 Å². The number of aromatic nitrogens is 1. The van der Waals surface area contributed by atoms with E-state index in [0.29, 0.717) is 43.3 Å². The molecule has 1 aliphatic heterocycles. The lowest BCUT2D eigenvalue weighted by Gasteiger charge is -2.30. The van der Waals surface area contributed by atoms with Crippen molar-refractivity contribution >= 4 is 15.9 Å². The molecule has 1 saturated heterocycles. The van der Waals surface area contributed by atoms with E-state index in [2.05, 4.69) is 4.98 Å². The van der Waals surface area contributed by atoms with Crippen LogP contribution in [0.4, 0.5) is 4.79 Å². The molecule has 1 saturated carbocycles. The standard InChI is InChI=1S/C17H24N2O5S/c1-25(22,23)14-2-3-16(18-11-14)24-9-6-13-10-15(13)12-4-7-19(8-5-12)17(20)21/h2-3,11-13,15H,4-10H2,1H3,(H,20,21)/t13-,15-/m1/s1. The maximum absolute atomic E-state index is 11.4. The largest absolute Gasteiger partial charge is 0.478 e. The van der Waals surface area contributed by atoms with Crippen molar-refractivity contribution in [3.8, 4) is 5.88 Å². The first-order chi connectivity index (χ1) is 11.8. The molecule has 1 aliphatic carbocycles. The summed E-state index contributed by atoms with van der Waals surface area (Å²) in [6, 6.07) is 3.09. The molecule has 0 spiro atoms. The molecular formula is C17H24N2O5S. The van der Waals surface area contributed by atoms with Crippen LogP contribution in [0.1, 0.15) is 25.7 Å². The van der Waals surface area contributed by atoms with Gasteiger partial charge >= 0.3 is 6.09 Å². The number of hydrogen-bond acceptors (Lipinski definition) is 5. The van der Waals surface area contributed by atoms with E-state index in [-0.39, 0.29) is 4.90 Å². The molecular weight excluding hydrogens is 344 g/mol. The number of nitrogens with zero attached hydrogens (tertiary/aromatic N) is 2. The summed E-state index contributed by atoms with van der Waals surface area (Å²) < 4.78 is 28.4. The second kappa shape index (κ2) is 7.19. The van der Waals surface area contributed by atoms with Crippen molar-refractivity contribution in [2.24, 2.45) is 17.8 Å². The van der Waals surface area contributed by atoms with Crippen LogP contribution in [-0.2, 0) is 9.84 Å². The molecule has 2 atom stereocenters. The lowest BCUT2D eigenvalue weighted by Crippen LogP contribution is -2.38. The summed E-state index contributed by atoms with van der Waals surface area (Å²) in [6.07, 6.45) is 5.74. The van der Waals surface area contributed by atoms with Gasteiger partial charge in [0.05, 0.1) is 11.5 Å². The predicted molar refractivity (Wildman–Crippen MR) is 91.4 cm³/mol. The number of piperidine rings is 1. The number of carboxylic acid groups (broad SMARTS) is 1. The van der Waals surface area contributed by atoms with Crippen molar-refractivity contribution in [3.05, 3.63) is 18.3 Å².